The van der Waals surface area contributed by atoms with Gasteiger partial charge in [-0.3, -0.25) is 0 Å². The number of para-hydroxylation sites is 1. The van der Waals surface area contributed by atoms with Crippen molar-refractivity contribution in [2.45, 2.75) is 0 Å². The molecule has 0 aliphatic carbocycles. The predicted octanol–water partition coefficient (Wildman–Crippen LogP) is 5.25. The van der Waals surface area contributed by atoms with Crippen LogP contribution in [0.1, 0.15) is 0 Å². The quantitative estimate of drug-likeness (QED) is 0.593. The molecule has 1 heterocycles. The van der Waals surface area contributed by atoms with Crippen LogP contribution in [0.4, 0.5) is 26.0 Å². The zero-order chi connectivity index (χ0) is 15.9. The highest BCUT2D eigenvalue weighted by Crippen LogP contribution is 2.38. The van der Waals surface area contributed by atoms with Crippen molar-refractivity contribution in [3.63, 3.8) is 0 Å². The molecule has 0 saturated heterocycles. The molecule has 3 nitrogen and oxygen atoms in total. The molecule has 0 aliphatic heterocycles. The second-order valence-electron chi connectivity index (χ2n) is 4.56. The number of rotatable bonds is 2. The number of benzene rings is 2. The smallest absolute Gasteiger partial charge is 0.149 e. The highest BCUT2D eigenvalue weighted by Gasteiger charge is 2.15. The van der Waals surface area contributed by atoms with Crippen LogP contribution in [0.3, 0.4) is 0 Å². The summed E-state index contributed by atoms with van der Waals surface area (Å²) in [6.07, 6.45) is 1.50. The molecule has 0 fully saturated rings. The van der Waals surface area contributed by atoms with Crippen LogP contribution in [-0.2, 0) is 0 Å². The lowest BCUT2D eigenvalue weighted by Gasteiger charge is -2.13. The molecule has 0 radical (unpaired) electrons. The summed E-state index contributed by atoms with van der Waals surface area (Å²) in [4.78, 5) is 4.15. The molecule has 2 aromatic carbocycles. The Morgan fingerprint density at radius 1 is 1.09 bits per heavy atom. The summed E-state index contributed by atoms with van der Waals surface area (Å²) in [5, 5.41) is 4.14. The molecule has 7 heteroatoms. The Morgan fingerprint density at radius 3 is 2.45 bits per heavy atom. The van der Waals surface area contributed by atoms with Gasteiger partial charge >= 0.3 is 0 Å². The van der Waals surface area contributed by atoms with E-state index in [-0.39, 0.29) is 11.5 Å². The first-order valence-corrected chi connectivity index (χ1v) is 7.39. The summed E-state index contributed by atoms with van der Waals surface area (Å²) >= 11 is 9.56. The number of nitrogens with two attached hydrogens (primary N) is 1. The van der Waals surface area contributed by atoms with Gasteiger partial charge in [0.2, 0.25) is 0 Å². The lowest BCUT2D eigenvalue weighted by Crippen LogP contribution is -2.01. The van der Waals surface area contributed by atoms with Crippen molar-refractivity contribution in [1.82, 2.24) is 4.98 Å². The van der Waals surface area contributed by atoms with Gasteiger partial charge < -0.3 is 11.1 Å². The van der Waals surface area contributed by atoms with E-state index in [0.29, 0.717) is 26.0 Å². The van der Waals surface area contributed by atoms with E-state index >= 15 is 0 Å². The van der Waals surface area contributed by atoms with E-state index in [0.717, 1.165) is 12.1 Å². The monoisotopic (exact) mass is 383 g/mol. The number of nitrogen functional groups attached to an aromatic ring is 1. The molecule has 0 atom stereocenters. The minimum absolute atomic E-state index is 0.222. The second-order valence-corrected chi connectivity index (χ2v) is 5.82. The first-order valence-electron chi connectivity index (χ1n) is 6.22. The summed E-state index contributed by atoms with van der Waals surface area (Å²) in [6.45, 7) is 0. The molecule has 0 aliphatic rings. The van der Waals surface area contributed by atoms with E-state index in [1.807, 2.05) is 0 Å². The van der Waals surface area contributed by atoms with Gasteiger partial charge in [-0.2, -0.15) is 0 Å². The first kappa shape index (κ1) is 15.0. The van der Waals surface area contributed by atoms with Crippen LogP contribution in [0.2, 0.25) is 5.02 Å². The number of halogens is 4. The number of aromatic nitrogens is 1. The molecule has 3 N–H and O–H groups in total. The Kier molecular flexibility index (Phi) is 3.88. The van der Waals surface area contributed by atoms with Crippen molar-refractivity contribution in [1.29, 1.82) is 0 Å². The van der Waals surface area contributed by atoms with Gasteiger partial charge in [-0.25, -0.2) is 13.8 Å². The Balaban J connectivity index is 2.25. The van der Waals surface area contributed by atoms with Crippen LogP contribution < -0.4 is 11.1 Å². The van der Waals surface area contributed by atoms with Crippen molar-refractivity contribution in [3.05, 3.63) is 57.7 Å². The van der Waals surface area contributed by atoms with E-state index < -0.39 is 11.6 Å². The summed E-state index contributed by atoms with van der Waals surface area (Å²) in [5.74, 6) is -1.23. The van der Waals surface area contributed by atoms with Gasteiger partial charge in [-0.05, 0) is 40.2 Å². The maximum Gasteiger partial charge on any atom is 0.149 e. The fourth-order valence-electron chi connectivity index (χ4n) is 2.16. The predicted molar refractivity (Wildman–Crippen MR) is 88.5 cm³/mol. The van der Waals surface area contributed by atoms with E-state index in [9.17, 15) is 8.78 Å². The third-order valence-electron chi connectivity index (χ3n) is 3.18. The topological polar surface area (TPSA) is 50.9 Å². The molecule has 0 saturated carbocycles. The summed E-state index contributed by atoms with van der Waals surface area (Å²) in [7, 11) is 0. The molecular weight excluding hydrogens is 376 g/mol. The highest BCUT2D eigenvalue weighted by molar-refractivity contribution is 9.10. The lowest BCUT2D eigenvalue weighted by molar-refractivity contribution is 0.590. The number of fused-ring (bicyclic) bond motifs is 1. The normalized spacial score (nSPS) is 10.9. The summed E-state index contributed by atoms with van der Waals surface area (Å²) < 4.78 is 28.2. The highest BCUT2D eigenvalue weighted by atomic mass is 79.9. The average molecular weight is 385 g/mol. The average Bonchev–Trinajstić information content (AvgIpc) is 2.48. The molecule has 22 heavy (non-hydrogen) atoms. The molecule has 112 valence electrons. The Morgan fingerprint density at radius 2 is 1.77 bits per heavy atom. The number of hydrogen-bond acceptors (Lipinski definition) is 3. The van der Waals surface area contributed by atoms with Gasteiger partial charge in [0.05, 0.1) is 5.02 Å². The molecule has 3 rings (SSSR count). The molecular formula is C15H9BrClF2N3. The largest absolute Gasteiger partial charge is 0.398 e. The first-order chi connectivity index (χ1) is 10.5. The Hall–Kier alpha value is -1.92. The number of pyridine rings is 1. The minimum atomic E-state index is -0.724. The van der Waals surface area contributed by atoms with Gasteiger partial charge in [0.25, 0.3) is 0 Å². The van der Waals surface area contributed by atoms with Gasteiger partial charge in [-0.15, -0.1) is 0 Å². The third kappa shape index (κ3) is 2.48. The Labute approximate surface area is 138 Å². The fourth-order valence-corrected chi connectivity index (χ4v) is 2.94. The van der Waals surface area contributed by atoms with Crippen LogP contribution in [0.15, 0.2) is 41.0 Å². The molecule has 0 amide bonds. The van der Waals surface area contributed by atoms with Crippen LogP contribution in [0, 0.1) is 11.6 Å². The molecule has 3 aromatic rings. The third-order valence-corrected chi connectivity index (χ3v) is 4.09. The zero-order valence-electron chi connectivity index (χ0n) is 11.0. The molecule has 0 bridgehead atoms. The van der Waals surface area contributed by atoms with Gasteiger partial charge in [-0.1, -0.05) is 17.7 Å². The number of anilines is 3. The molecule has 0 unspecified atom stereocenters. The minimum Gasteiger partial charge on any atom is -0.398 e. The number of nitrogens with one attached hydrogen (secondary N) is 1. The maximum absolute atomic E-state index is 13.8. The van der Waals surface area contributed by atoms with E-state index in [2.05, 4.69) is 26.2 Å². The van der Waals surface area contributed by atoms with Crippen LogP contribution in [0.5, 0.6) is 0 Å². The second kappa shape index (κ2) is 5.70. The van der Waals surface area contributed by atoms with Gasteiger partial charge in [0.15, 0.2) is 0 Å². The summed E-state index contributed by atoms with van der Waals surface area (Å²) in [5.41, 5.74) is 6.14. The zero-order valence-corrected chi connectivity index (χ0v) is 13.3. The van der Waals surface area contributed by atoms with Gasteiger partial charge in [0, 0.05) is 27.1 Å². The lowest BCUT2D eigenvalue weighted by atomic mass is 10.1. The SMILES string of the molecule is Nc1ccc(Cl)c2c(Nc3c(F)cccc3F)ncc(Br)c12. The van der Waals surface area contributed by atoms with Crippen LogP contribution >= 0.6 is 27.5 Å². The Bertz CT molecular complexity index is 858. The van der Waals surface area contributed by atoms with Crippen molar-refractivity contribution < 1.29 is 8.78 Å². The standard InChI is InChI=1S/C15H9BrClF2N3/c16-7-6-21-15(13-8(17)4-5-11(20)12(7)13)22-14-9(18)2-1-3-10(14)19/h1-6H,20H2,(H,21,22). The molecule has 1 aromatic heterocycles. The van der Waals surface area contributed by atoms with Crippen molar-refractivity contribution >= 4 is 55.5 Å². The number of nitrogens with zero attached hydrogens (tertiary/aromatic N) is 1. The van der Waals surface area contributed by atoms with Crippen molar-refractivity contribution in [2.24, 2.45) is 0 Å². The molecule has 0 spiro atoms. The van der Waals surface area contributed by atoms with Crippen molar-refractivity contribution in [2.75, 3.05) is 11.1 Å². The van der Waals surface area contributed by atoms with E-state index in [4.69, 9.17) is 17.3 Å². The van der Waals surface area contributed by atoms with Gasteiger partial charge in [0.1, 0.15) is 23.1 Å². The fraction of sp³-hybridized carbons (Fsp3) is 0. The maximum atomic E-state index is 13.8. The van der Waals surface area contributed by atoms with E-state index in [1.165, 1.54) is 12.3 Å². The van der Waals surface area contributed by atoms with E-state index in [1.54, 1.807) is 12.1 Å². The van der Waals surface area contributed by atoms with Crippen LogP contribution in [-0.4, -0.2) is 4.98 Å². The van der Waals surface area contributed by atoms with Crippen LogP contribution in [0.25, 0.3) is 10.8 Å². The summed E-state index contributed by atoms with van der Waals surface area (Å²) in [6, 6.07) is 6.86. The van der Waals surface area contributed by atoms with Crippen molar-refractivity contribution in [3.8, 4) is 0 Å². The number of hydrogen-bond donors (Lipinski definition) is 2.